The fourth-order valence-electron chi connectivity index (χ4n) is 2.33. The minimum absolute atomic E-state index is 0.119. The summed E-state index contributed by atoms with van der Waals surface area (Å²) in [6.45, 7) is 8.00. The van der Waals surface area contributed by atoms with E-state index in [9.17, 15) is 9.59 Å². The van der Waals surface area contributed by atoms with Crippen LogP contribution in [0.1, 0.15) is 50.4 Å². The number of aromatic nitrogens is 1. The van der Waals surface area contributed by atoms with Crippen LogP contribution in [-0.2, 0) is 10.2 Å². The van der Waals surface area contributed by atoms with Crippen LogP contribution in [0.3, 0.4) is 0 Å². The SMILES string of the molecule is CC(C(=O)O)n1ccc(/C=C/c2ccc(C(C)(C)C)cc2)cc1=O. The maximum atomic E-state index is 12.0. The largest absolute Gasteiger partial charge is 0.480 e. The van der Waals surface area contributed by atoms with E-state index in [1.165, 1.54) is 29.3 Å². The minimum Gasteiger partial charge on any atom is -0.480 e. The van der Waals surface area contributed by atoms with Gasteiger partial charge in [0.2, 0.25) is 0 Å². The molecule has 2 aromatic rings. The number of carboxylic acid groups (broad SMARTS) is 1. The second-order valence-electron chi connectivity index (χ2n) is 6.93. The molecule has 126 valence electrons. The molecule has 4 nitrogen and oxygen atoms in total. The van der Waals surface area contributed by atoms with E-state index in [1.54, 1.807) is 6.07 Å². The molecule has 0 spiro atoms. The lowest BCUT2D eigenvalue weighted by Gasteiger charge is -2.18. The van der Waals surface area contributed by atoms with Crippen molar-refractivity contribution in [3.63, 3.8) is 0 Å². The van der Waals surface area contributed by atoms with Gasteiger partial charge < -0.3 is 9.67 Å². The topological polar surface area (TPSA) is 59.3 Å². The Hall–Kier alpha value is -2.62. The molecule has 0 saturated carbocycles. The zero-order valence-corrected chi connectivity index (χ0v) is 14.5. The predicted molar refractivity (Wildman–Crippen MR) is 97.1 cm³/mol. The van der Waals surface area contributed by atoms with Gasteiger partial charge in [0, 0.05) is 12.3 Å². The molecule has 1 N–H and O–H groups in total. The van der Waals surface area contributed by atoms with Crippen molar-refractivity contribution in [1.29, 1.82) is 0 Å². The third-order valence-electron chi connectivity index (χ3n) is 3.99. The molecule has 1 aromatic carbocycles. The normalized spacial score (nSPS) is 13.2. The van der Waals surface area contributed by atoms with Crippen LogP contribution in [0.2, 0.25) is 0 Å². The standard InChI is InChI=1S/C20H23NO3/c1-14(19(23)24)21-12-11-16(13-18(21)22)6-5-15-7-9-17(10-8-15)20(2,3)4/h5-14H,1-4H3,(H,23,24)/b6-5+. The van der Waals surface area contributed by atoms with E-state index in [0.717, 1.165) is 11.1 Å². The van der Waals surface area contributed by atoms with Gasteiger partial charge in [-0.2, -0.15) is 0 Å². The molecule has 0 fully saturated rings. The smallest absolute Gasteiger partial charge is 0.326 e. The number of aliphatic carboxylic acids is 1. The summed E-state index contributed by atoms with van der Waals surface area (Å²) in [5, 5.41) is 8.99. The highest BCUT2D eigenvalue weighted by Gasteiger charge is 2.14. The monoisotopic (exact) mass is 325 g/mol. The van der Waals surface area contributed by atoms with Crippen LogP contribution in [0.5, 0.6) is 0 Å². The summed E-state index contributed by atoms with van der Waals surface area (Å²) in [4.78, 5) is 23.0. The minimum atomic E-state index is -1.03. The third-order valence-corrected chi connectivity index (χ3v) is 3.99. The molecule has 0 radical (unpaired) electrons. The van der Waals surface area contributed by atoms with Gasteiger partial charge in [-0.05, 0) is 35.1 Å². The van der Waals surface area contributed by atoms with E-state index in [-0.39, 0.29) is 11.0 Å². The number of benzene rings is 1. The van der Waals surface area contributed by atoms with Gasteiger partial charge in [-0.25, -0.2) is 4.79 Å². The molecule has 0 bridgehead atoms. The van der Waals surface area contributed by atoms with E-state index in [1.807, 2.05) is 24.3 Å². The Morgan fingerprint density at radius 2 is 1.67 bits per heavy atom. The third kappa shape index (κ3) is 4.22. The Balaban J connectivity index is 2.19. The van der Waals surface area contributed by atoms with Gasteiger partial charge in [0.1, 0.15) is 6.04 Å². The van der Waals surface area contributed by atoms with Gasteiger partial charge in [-0.1, -0.05) is 57.2 Å². The van der Waals surface area contributed by atoms with Gasteiger partial charge in [-0.15, -0.1) is 0 Å². The van der Waals surface area contributed by atoms with Crippen molar-refractivity contribution in [1.82, 2.24) is 4.57 Å². The van der Waals surface area contributed by atoms with Gasteiger partial charge in [0.15, 0.2) is 0 Å². The lowest BCUT2D eigenvalue weighted by atomic mass is 9.87. The van der Waals surface area contributed by atoms with E-state index >= 15 is 0 Å². The summed E-state index contributed by atoms with van der Waals surface area (Å²) in [6, 6.07) is 10.6. The first-order valence-corrected chi connectivity index (χ1v) is 7.92. The van der Waals surface area contributed by atoms with Crippen molar-refractivity contribution >= 4 is 18.1 Å². The first kappa shape index (κ1) is 17.7. The predicted octanol–water partition coefficient (Wildman–Crippen LogP) is 3.96. The summed E-state index contributed by atoms with van der Waals surface area (Å²) in [5.41, 5.74) is 2.85. The number of nitrogens with zero attached hydrogens (tertiary/aromatic N) is 1. The van der Waals surface area contributed by atoms with E-state index in [4.69, 9.17) is 5.11 Å². The van der Waals surface area contributed by atoms with Crippen LogP contribution in [0, 0.1) is 0 Å². The molecule has 0 aliphatic carbocycles. The van der Waals surface area contributed by atoms with E-state index in [2.05, 4.69) is 32.9 Å². The lowest BCUT2D eigenvalue weighted by Crippen LogP contribution is -2.26. The van der Waals surface area contributed by atoms with Crippen molar-refractivity contribution < 1.29 is 9.90 Å². The number of hydrogen-bond donors (Lipinski definition) is 1. The van der Waals surface area contributed by atoms with Gasteiger partial charge >= 0.3 is 5.97 Å². The molecule has 1 aromatic heterocycles. The van der Waals surface area contributed by atoms with Gasteiger partial charge in [0.25, 0.3) is 5.56 Å². The number of pyridine rings is 1. The zero-order valence-electron chi connectivity index (χ0n) is 14.5. The molecule has 0 aliphatic heterocycles. The average molecular weight is 325 g/mol. The fraction of sp³-hybridized carbons (Fsp3) is 0.300. The second kappa shape index (κ2) is 6.87. The highest BCUT2D eigenvalue weighted by molar-refractivity contribution is 5.72. The second-order valence-corrected chi connectivity index (χ2v) is 6.93. The number of hydrogen-bond acceptors (Lipinski definition) is 2. The maximum absolute atomic E-state index is 12.0. The van der Waals surface area contributed by atoms with Crippen molar-refractivity contribution in [3.8, 4) is 0 Å². The summed E-state index contributed by atoms with van der Waals surface area (Å²) >= 11 is 0. The molecule has 2 rings (SSSR count). The summed E-state index contributed by atoms with van der Waals surface area (Å²) in [5.74, 6) is -1.03. The fourth-order valence-corrected chi connectivity index (χ4v) is 2.33. The first-order valence-electron chi connectivity index (χ1n) is 7.92. The Morgan fingerprint density at radius 3 is 2.17 bits per heavy atom. The van der Waals surface area contributed by atoms with Crippen molar-refractivity contribution in [2.45, 2.75) is 39.2 Å². The zero-order chi connectivity index (χ0) is 17.9. The van der Waals surface area contributed by atoms with Crippen LogP contribution in [0.4, 0.5) is 0 Å². The van der Waals surface area contributed by atoms with Gasteiger partial charge in [-0.3, -0.25) is 4.79 Å². The van der Waals surface area contributed by atoms with Crippen molar-refractivity contribution in [2.24, 2.45) is 0 Å². The molecule has 0 aliphatic rings. The van der Waals surface area contributed by atoms with Crippen LogP contribution in [-0.4, -0.2) is 15.6 Å². The van der Waals surface area contributed by atoms with Crippen LogP contribution in [0.15, 0.2) is 47.4 Å². The van der Waals surface area contributed by atoms with Crippen molar-refractivity contribution in [3.05, 3.63) is 69.6 Å². The van der Waals surface area contributed by atoms with Crippen LogP contribution < -0.4 is 5.56 Å². The van der Waals surface area contributed by atoms with E-state index in [0.29, 0.717) is 0 Å². The molecule has 24 heavy (non-hydrogen) atoms. The molecule has 4 heteroatoms. The summed E-state index contributed by atoms with van der Waals surface area (Å²) in [7, 11) is 0. The number of carboxylic acids is 1. The highest BCUT2D eigenvalue weighted by atomic mass is 16.4. The molecule has 1 unspecified atom stereocenters. The lowest BCUT2D eigenvalue weighted by molar-refractivity contribution is -0.140. The summed E-state index contributed by atoms with van der Waals surface area (Å²) < 4.78 is 1.21. The Kier molecular flexibility index (Phi) is 5.07. The van der Waals surface area contributed by atoms with E-state index < -0.39 is 12.0 Å². The molecular weight excluding hydrogens is 302 g/mol. The quantitative estimate of drug-likeness (QED) is 0.925. The number of carbonyl (C=O) groups is 1. The Labute approximate surface area is 142 Å². The van der Waals surface area contributed by atoms with Gasteiger partial charge in [0.05, 0.1) is 0 Å². The van der Waals surface area contributed by atoms with Crippen LogP contribution >= 0.6 is 0 Å². The Morgan fingerprint density at radius 1 is 1.08 bits per heavy atom. The summed E-state index contributed by atoms with van der Waals surface area (Å²) in [6.07, 6.45) is 5.30. The first-order chi connectivity index (χ1) is 11.2. The van der Waals surface area contributed by atoms with Crippen LogP contribution in [0.25, 0.3) is 12.2 Å². The highest BCUT2D eigenvalue weighted by Crippen LogP contribution is 2.22. The molecular formula is C20H23NO3. The molecule has 1 heterocycles. The molecule has 0 amide bonds. The molecule has 1 atom stereocenters. The maximum Gasteiger partial charge on any atom is 0.326 e. The molecule has 0 saturated heterocycles. The number of rotatable bonds is 4. The van der Waals surface area contributed by atoms with Crippen molar-refractivity contribution in [2.75, 3.05) is 0 Å². The average Bonchev–Trinajstić information content (AvgIpc) is 2.52. The Bertz CT molecular complexity index is 808.